The van der Waals surface area contributed by atoms with E-state index in [9.17, 15) is 4.79 Å². The molecule has 1 rings (SSSR count). The van der Waals surface area contributed by atoms with E-state index in [1.54, 1.807) is 0 Å². The molecule has 1 aliphatic carbocycles. The number of ether oxygens (including phenoxy) is 1. The van der Waals surface area contributed by atoms with Crippen molar-refractivity contribution in [1.29, 1.82) is 0 Å². The van der Waals surface area contributed by atoms with Crippen LogP contribution in [0.3, 0.4) is 0 Å². The third-order valence-corrected chi connectivity index (χ3v) is 2.19. The zero-order valence-electron chi connectivity index (χ0n) is 7.99. The molecule has 0 fully saturated rings. The van der Waals surface area contributed by atoms with E-state index in [4.69, 9.17) is 0 Å². The molecule has 1 amide bonds. The molecule has 0 bridgehead atoms. The number of methoxy groups -OCH3 is 1. The highest BCUT2D eigenvalue weighted by Crippen LogP contribution is 2.15. The van der Waals surface area contributed by atoms with Gasteiger partial charge in [-0.2, -0.15) is 0 Å². The van der Waals surface area contributed by atoms with Crippen LogP contribution in [0, 0.1) is 5.92 Å². The minimum absolute atomic E-state index is 0.119. The second kappa shape index (κ2) is 4.70. The number of rotatable bonds is 2. The lowest BCUT2D eigenvalue weighted by Gasteiger charge is -2.21. The summed E-state index contributed by atoms with van der Waals surface area (Å²) < 4.78 is 4.52. The van der Waals surface area contributed by atoms with Crippen LogP contribution in [-0.2, 0) is 4.74 Å². The smallest absolute Gasteiger partial charge is 0.407 e. The topological polar surface area (TPSA) is 38.3 Å². The maximum Gasteiger partial charge on any atom is 0.407 e. The van der Waals surface area contributed by atoms with Gasteiger partial charge in [-0.05, 0) is 13.3 Å². The van der Waals surface area contributed by atoms with Crippen LogP contribution < -0.4 is 5.32 Å². The Labute approximate surface area is 78.5 Å². The van der Waals surface area contributed by atoms with Gasteiger partial charge in [0.05, 0.1) is 7.11 Å². The first-order chi connectivity index (χ1) is 6.24. The van der Waals surface area contributed by atoms with Crippen LogP contribution in [0.1, 0.15) is 13.3 Å². The lowest BCUT2D eigenvalue weighted by atomic mass is 9.94. The summed E-state index contributed by atoms with van der Waals surface area (Å²) in [5.74, 6) is 0.379. The largest absolute Gasteiger partial charge is 0.453 e. The van der Waals surface area contributed by atoms with Crippen LogP contribution in [0.2, 0.25) is 0 Å². The average Bonchev–Trinajstić information content (AvgIpc) is 2.19. The molecule has 0 spiro atoms. The SMILES string of the molecule is COC(=O)NC(C)C1C=CC=CC1. The standard InChI is InChI=1S/C10H15NO2/c1-8(11-10(12)13-2)9-6-4-3-5-7-9/h3-6,8-9H,7H2,1-2H3,(H,11,12). The van der Waals surface area contributed by atoms with Crippen LogP contribution in [0.25, 0.3) is 0 Å². The number of carbonyl (C=O) groups is 1. The second-order valence-electron chi connectivity index (χ2n) is 3.14. The molecule has 0 aliphatic heterocycles. The van der Waals surface area contributed by atoms with E-state index in [0.717, 1.165) is 6.42 Å². The summed E-state index contributed by atoms with van der Waals surface area (Å²) in [6.45, 7) is 1.98. The Kier molecular flexibility index (Phi) is 3.55. The van der Waals surface area contributed by atoms with Crippen molar-refractivity contribution in [3.63, 3.8) is 0 Å². The molecule has 0 aromatic heterocycles. The molecule has 0 saturated heterocycles. The highest BCUT2D eigenvalue weighted by molar-refractivity contribution is 5.67. The number of nitrogens with one attached hydrogen (secondary N) is 1. The van der Waals surface area contributed by atoms with E-state index in [0.29, 0.717) is 5.92 Å². The van der Waals surface area contributed by atoms with Gasteiger partial charge >= 0.3 is 6.09 Å². The normalized spacial score (nSPS) is 22.5. The Morgan fingerprint density at radius 1 is 1.62 bits per heavy atom. The number of hydrogen-bond acceptors (Lipinski definition) is 2. The maximum absolute atomic E-state index is 10.9. The molecule has 1 N–H and O–H groups in total. The van der Waals surface area contributed by atoms with E-state index >= 15 is 0 Å². The first-order valence-electron chi connectivity index (χ1n) is 4.42. The third kappa shape index (κ3) is 2.93. The minimum atomic E-state index is -0.365. The lowest BCUT2D eigenvalue weighted by molar-refractivity contribution is 0.165. The van der Waals surface area contributed by atoms with Crippen molar-refractivity contribution in [2.24, 2.45) is 5.92 Å². The van der Waals surface area contributed by atoms with E-state index < -0.39 is 0 Å². The Balaban J connectivity index is 2.39. The van der Waals surface area contributed by atoms with Gasteiger partial charge in [-0.25, -0.2) is 4.79 Å². The van der Waals surface area contributed by atoms with Crippen molar-refractivity contribution in [3.8, 4) is 0 Å². The molecule has 0 aromatic rings. The first kappa shape index (κ1) is 9.84. The monoisotopic (exact) mass is 181 g/mol. The first-order valence-corrected chi connectivity index (χ1v) is 4.42. The highest BCUT2D eigenvalue weighted by Gasteiger charge is 2.16. The molecule has 3 heteroatoms. The zero-order valence-corrected chi connectivity index (χ0v) is 7.99. The summed E-state index contributed by atoms with van der Waals surface area (Å²) in [6, 6.07) is 0.119. The number of amides is 1. The number of carbonyl (C=O) groups excluding carboxylic acids is 1. The zero-order chi connectivity index (χ0) is 9.68. The van der Waals surface area contributed by atoms with Crippen LogP contribution in [0.4, 0.5) is 4.79 Å². The molecule has 13 heavy (non-hydrogen) atoms. The Bertz CT molecular complexity index is 233. The average molecular weight is 181 g/mol. The molecule has 0 saturated carbocycles. The van der Waals surface area contributed by atoms with Crippen molar-refractivity contribution in [1.82, 2.24) is 5.32 Å². The van der Waals surface area contributed by atoms with Crippen molar-refractivity contribution in [3.05, 3.63) is 24.3 Å². The van der Waals surface area contributed by atoms with Crippen LogP contribution in [0.15, 0.2) is 24.3 Å². The second-order valence-corrected chi connectivity index (χ2v) is 3.14. The highest BCUT2D eigenvalue weighted by atomic mass is 16.5. The minimum Gasteiger partial charge on any atom is -0.453 e. The van der Waals surface area contributed by atoms with E-state index in [-0.39, 0.29) is 12.1 Å². The Morgan fingerprint density at radius 3 is 2.92 bits per heavy atom. The van der Waals surface area contributed by atoms with E-state index in [2.05, 4.69) is 22.2 Å². The summed E-state index contributed by atoms with van der Waals surface area (Å²) in [6.07, 6.45) is 8.82. The van der Waals surface area contributed by atoms with Gasteiger partial charge in [0.2, 0.25) is 0 Å². The summed E-state index contributed by atoms with van der Waals surface area (Å²) in [7, 11) is 1.37. The van der Waals surface area contributed by atoms with Crippen molar-refractivity contribution >= 4 is 6.09 Å². The number of allylic oxidation sites excluding steroid dienone is 3. The predicted molar refractivity (Wildman–Crippen MR) is 51.4 cm³/mol. The molecular formula is C10H15NO2. The van der Waals surface area contributed by atoms with Crippen LogP contribution >= 0.6 is 0 Å². The molecule has 3 nitrogen and oxygen atoms in total. The predicted octanol–water partition coefficient (Wildman–Crippen LogP) is 1.86. The quantitative estimate of drug-likeness (QED) is 0.706. The summed E-state index contributed by atoms with van der Waals surface area (Å²) >= 11 is 0. The van der Waals surface area contributed by atoms with Gasteiger partial charge in [0.15, 0.2) is 0 Å². The van der Waals surface area contributed by atoms with Gasteiger partial charge in [-0.3, -0.25) is 0 Å². The van der Waals surface area contributed by atoms with Gasteiger partial charge in [0, 0.05) is 12.0 Å². The lowest BCUT2D eigenvalue weighted by Crippen LogP contribution is -2.37. The van der Waals surface area contributed by atoms with E-state index in [1.165, 1.54) is 7.11 Å². The number of hydrogen-bond donors (Lipinski definition) is 1. The fourth-order valence-electron chi connectivity index (χ4n) is 1.32. The summed E-state index contributed by atoms with van der Waals surface area (Å²) in [5.41, 5.74) is 0. The fourth-order valence-corrected chi connectivity index (χ4v) is 1.32. The van der Waals surface area contributed by atoms with Gasteiger partial charge in [-0.1, -0.05) is 24.3 Å². The van der Waals surface area contributed by atoms with Crippen LogP contribution in [-0.4, -0.2) is 19.2 Å². The molecule has 2 unspecified atom stereocenters. The molecule has 72 valence electrons. The maximum atomic E-state index is 10.9. The molecule has 1 aliphatic rings. The molecule has 0 radical (unpaired) electrons. The Morgan fingerprint density at radius 2 is 2.38 bits per heavy atom. The molecular weight excluding hydrogens is 166 g/mol. The summed E-state index contributed by atoms with van der Waals surface area (Å²) in [5, 5.41) is 2.75. The number of alkyl carbamates (subject to hydrolysis) is 1. The van der Waals surface area contributed by atoms with Gasteiger partial charge in [0.25, 0.3) is 0 Å². The molecule has 0 aromatic carbocycles. The van der Waals surface area contributed by atoms with E-state index in [1.807, 2.05) is 19.1 Å². The van der Waals surface area contributed by atoms with Gasteiger partial charge in [-0.15, -0.1) is 0 Å². The summed E-state index contributed by atoms with van der Waals surface area (Å²) in [4.78, 5) is 10.9. The molecule has 0 heterocycles. The molecule has 2 atom stereocenters. The Hall–Kier alpha value is -1.25. The van der Waals surface area contributed by atoms with Crippen molar-refractivity contribution in [2.75, 3.05) is 7.11 Å². The van der Waals surface area contributed by atoms with Gasteiger partial charge < -0.3 is 10.1 Å². The van der Waals surface area contributed by atoms with Crippen molar-refractivity contribution in [2.45, 2.75) is 19.4 Å². The van der Waals surface area contributed by atoms with Crippen LogP contribution in [0.5, 0.6) is 0 Å². The van der Waals surface area contributed by atoms with Crippen molar-refractivity contribution < 1.29 is 9.53 Å². The third-order valence-electron chi connectivity index (χ3n) is 2.19. The fraction of sp³-hybridized carbons (Fsp3) is 0.500. The van der Waals surface area contributed by atoms with Gasteiger partial charge in [0.1, 0.15) is 0 Å².